The molecule has 2 unspecified atom stereocenters. The van der Waals surface area contributed by atoms with E-state index in [4.69, 9.17) is 0 Å². The summed E-state index contributed by atoms with van der Waals surface area (Å²) in [4.78, 5) is 0. The summed E-state index contributed by atoms with van der Waals surface area (Å²) in [7, 11) is 0. The van der Waals surface area contributed by atoms with Crippen molar-refractivity contribution in [2.75, 3.05) is 13.1 Å². The molecule has 0 spiro atoms. The quantitative estimate of drug-likeness (QED) is 0.745. The molecule has 0 bridgehead atoms. The highest BCUT2D eigenvalue weighted by Gasteiger charge is 2.21. The first-order valence-electron chi connectivity index (χ1n) is 5.11. The monoisotopic (exact) mass is 241 g/mol. The van der Waals surface area contributed by atoms with Crippen molar-refractivity contribution in [3.63, 3.8) is 0 Å². The fourth-order valence-corrected chi connectivity index (χ4v) is 2.54. The summed E-state index contributed by atoms with van der Waals surface area (Å²) >= 11 is 3.50. The van der Waals surface area contributed by atoms with Crippen molar-refractivity contribution in [1.29, 1.82) is 0 Å². The van der Waals surface area contributed by atoms with Crippen LogP contribution in [0.1, 0.15) is 19.3 Å². The van der Waals surface area contributed by atoms with Gasteiger partial charge in [0.15, 0.2) is 0 Å². The van der Waals surface area contributed by atoms with Crippen LogP contribution in [0.5, 0.6) is 0 Å². The number of nitrogens with one attached hydrogen (secondary N) is 1. The van der Waals surface area contributed by atoms with Gasteiger partial charge in [0.2, 0.25) is 0 Å². The lowest BCUT2D eigenvalue weighted by Crippen LogP contribution is -2.33. The molecule has 0 aromatic rings. The van der Waals surface area contributed by atoms with Crippen LogP contribution in [0.4, 0.5) is 0 Å². The minimum atomic E-state index is 0.772. The highest BCUT2D eigenvalue weighted by molar-refractivity contribution is 9.11. The van der Waals surface area contributed by atoms with E-state index < -0.39 is 0 Å². The number of hydrogen-bond acceptors (Lipinski definition) is 1. The van der Waals surface area contributed by atoms with E-state index in [0.717, 1.165) is 11.8 Å². The van der Waals surface area contributed by atoms with Gasteiger partial charge in [-0.2, -0.15) is 0 Å². The molecule has 1 aliphatic carbocycles. The lowest BCUT2D eigenvalue weighted by atomic mass is 9.82. The topological polar surface area (TPSA) is 12.0 Å². The van der Waals surface area contributed by atoms with Gasteiger partial charge >= 0.3 is 0 Å². The molecule has 0 aromatic heterocycles. The second-order valence-corrected chi connectivity index (χ2v) is 4.87. The van der Waals surface area contributed by atoms with Crippen molar-refractivity contribution >= 4 is 15.9 Å². The highest BCUT2D eigenvalue weighted by atomic mass is 79.9. The number of hydrogen-bond donors (Lipinski definition) is 1. The maximum absolute atomic E-state index is 3.50. The number of allylic oxidation sites excluding steroid dienone is 4. The molecule has 2 rings (SSSR count). The minimum Gasteiger partial charge on any atom is -0.316 e. The maximum atomic E-state index is 3.50. The standard InChI is InChI=1S/C11H16BrN/c12-11-5-3-9(4-6-11)10-2-1-7-13-8-10/h3,5-6,9-10,13H,1-2,4,7-8H2. The van der Waals surface area contributed by atoms with Gasteiger partial charge in [0.25, 0.3) is 0 Å². The van der Waals surface area contributed by atoms with Gasteiger partial charge in [-0.1, -0.05) is 34.2 Å². The van der Waals surface area contributed by atoms with Gasteiger partial charge in [0.1, 0.15) is 0 Å². The Labute approximate surface area is 88.4 Å². The molecule has 1 N–H and O–H groups in total. The zero-order valence-electron chi connectivity index (χ0n) is 7.80. The predicted octanol–water partition coefficient (Wildman–Crippen LogP) is 2.84. The number of rotatable bonds is 1. The lowest BCUT2D eigenvalue weighted by Gasteiger charge is -2.29. The van der Waals surface area contributed by atoms with Crippen molar-refractivity contribution in [3.05, 3.63) is 22.7 Å². The Hall–Kier alpha value is -0.0800. The molecule has 1 nitrogen and oxygen atoms in total. The maximum Gasteiger partial charge on any atom is 0.0132 e. The van der Waals surface area contributed by atoms with E-state index in [-0.39, 0.29) is 0 Å². The zero-order chi connectivity index (χ0) is 9.10. The van der Waals surface area contributed by atoms with Gasteiger partial charge in [0.05, 0.1) is 0 Å². The third-order valence-electron chi connectivity index (χ3n) is 3.03. The van der Waals surface area contributed by atoms with Crippen LogP contribution in [0.25, 0.3) is 0 Å². The zero-order valence-corrected chi connectivity index (χ0v) is 9.39. The number of halogens is 1. The van der Waals surface area contributed by atoms with Crippen molar-refractivity contribution in [2.45, 2.75) is 19.3 Å². The van der Waals surface area contributed by atoms with Crippen LogP contribution in [-0.4, -0.2) is 13.1 Å². The normalized spacial score (nSPS) is 34.4. The van der Waals surface area contributed by atoms with Crippen LogP contribution in [-0.2, 0) is 0 Å². The Balaban J connectivity index is 1.91. The smallest absolute Gasteiger partial charge is 0.0132 e. The molecule has 1 saturated heterocycles. The van der Waals surface area contributed by atoms with Crippen LogP contribution in [0.3, 0.4) is 0 Å². The molecule has 2 heteroatoms. The summed E-state index contributed by atoms with van der Waals surface area (Å²) in [6.45, 7) is 2.42. The molecular formula is C11H16BrN. The summed E-state index contributed by atoms with van der Waals surface area (Å²) in [6.07, 6.45) is 10.8. The second kappa shape index (κ2) is 4.43. The van der Waals surface area contributed by atoms with Crippen molar-refractivity contribution in [3.8, 4) is 0 Å². The lowest BCUT2D eigenvalue weighted by molar-refractivity contribution is 0.303. The summed E-state index contributed by atoms with van der Waals surface area (Å²) < 4.78 is 1.24. The van der Waals surface area contributed by atoms with E-state index in [0.29, 0.717) is 0 Å². The molecule has 2 atom stereocenters. The van der Waals surface area contributed by atoms with Gasteiger partial charge in [0, 0.05) is 4.48 Å². The molecule has 0 saturated carbocycles. The van der Waals surface area contributed by atoms with Gasteiger partial charge in [-0.05, 0) is 44.2 Å². The molecule has 1 aliphatic heterocycles. The van der Waals surface area contributed by atoms with E-state index in [1.54, 1.807) is 0 Å². The van der Waals surface area contributed by atoms with E-state index in [2.05, 4.69) is 39.5 Å². The third-order valence-corrected chi connectivity index (χ3v) is 3.62. The molecule has 1 heterocycles. The first-order valence-corrected chi connectivity index (χ1v) is 5.90. The average Bonchev–Trinajstić information content (AvgIpc) is 2.20. The Kier molecular flexibility index (Phi) is 3.23. The van der Waals surface area contributed by atoms with Crippen LogP contribution in [0.2, 0.25) is 0 Å². The summed E-state index contributed by atoms with van der Waals surface area (Å²) in [5, 5.41) is 3.48. The van der Waals surface area contributed by atoms with Gasteiger partial charge in [-0.3, -0.25) is 0 Å². The predicted molar refractivity (Wildman–Crippen MR) is 59.9 cm³/mol. The van der Waals surface area contributed by atoms with Crippen molar-refractivity contribution < 1.29 is 0 Å². The van der Waals surface area contributed by atoms with Crippen LogP contribution in [0.15, 0.2) is 22.7 Å². The Bertz CT molecular complexity index is 226. The Morgan fingerprint density at radius 3 is 3.00 bits per heavy atom. The van der Waals surface area contributed by atoms with E-state index >= 15 is 0 Å². The highest BCUT2D eigenvalue weighted by Crippen LogP contribution is 2.29. The van der Waals surface area contributed by atoms with Gasteiger partial charge in [-0.15, -0.1) is 0 Å². The SMILES string of the molecule is BrC1=CCC(C2CCCNC2)C=C1. The van der Waals surface area contributed by atoms with Crippen molar-refractivity contribution in [2.24, 2.45) is 11.8 Å². The number of piperidine rings is 1. The minimum absolute atomic E-state index is 0.772. The van der Waals surface area contributed by atoms with Crippen LogP contribution in [0, 0.1) is 11.8 Å². The van der Waals surface area contributed by atoms with Gasteiger partial charge in [-0.25, -0.2) is 0 Å². The third kappa shape index (κ3) is 2.44. The Morgan fingerprint density at radius 2 is 2.38 bits per heavy atom. The molecule has 0 aromatic carbocycles. The first kappa shape index (κ1) is 9.47. The van der Waals surface area contributed by atoms with Crippen LogP contribution < -0.4 is 5.32 Å². The second-order valence-electron chi connectivity index (χ2n) is 3.95. The summed E-state index contributed by atoms with van der Waals surface area (Å²) in [5.74, 6) is 1.64. The first-order chi connectivity index (χ1) is 6.36. The summed E-state index contributed by atoms with van der Waals surface area (Å²) in [6, 6.07) is 0. The molecule has 0 radical (unpaired) electrons. The van der Waals surface area contributed by atoms with E-state index in [1.807, 2.05) is 0 Å². The fourth-order valence-electron chi connectivity index (χ4n) is 2.20. The Morgan fingerprint density at radius 1 is 1.46 bits per heavy atom. The van der Waals surface area contributed by atoms with Gasteiger partial charge < -0.3 is 5.32 Å². The molecule has 1 fully saturated rings. The average molecular weight is 242 g/mol. The molecular weight excluding hydrogens is 226 g/mol. The molecule has 0 amide bonds. The largest absolute Gasteiger partial charge is 0.316 e. The molecule has 72 valence electrons. The fraction of sp³-hybridized carbons (Fsp3) is 0.636. The van der Waals surface area contributed by atoms with E-state index in [1.165, 1.54) is 36.8 Å². The molecule has 13 heavy (non-hydrogen) atoms. The van der Waals surface area contributed by atoms with Crippen LogP contribution >= 0.6 is 15.9 Å². The van der Waals surface area contributed by atoms with Crippen molar-refractivity contribution in [1.82, 2.24) is 5.32 Å². The van der Waals surface area contributed by atoms with E-state index in [9.17, 15) is 0 Å². The summed E-state index contributed by atoms with van der Waals surface area (Å²) in [5.41, 5.74) is 0. The molecule has 2 aliphatic rings.